The number of rotatable bonds is 28. The lowest BCUT2D eigenvalue weighted by atomic mass is 9.98. The fourth-order valence-corrected chi connectivity index (χ4v) is 10.3. The van der Waals surface area contributed by atoms with Crippen molar-refractivity contribution in [2.24, 2.45) is 0 Å². The van der Waals surface area contributed by atoms with Crippen molar-refractivity contribution in [2.45, 2.75) is 106 Å². The Hall–Kier alpha value is -12.7. The lowest BCUT2D eigenvalue weighted by Crippen LogP contribution is -2.25. The van der Waals surface area contributed by atoms with Crippen LogP contribution in [0.25, 0.3) is 17.1 Å². The van der Waals surface area contributed by atoms with Gasteiger partial charge in [0.2, 0.25) is 17.1 Å². The lowest BCUT2D eigenvalue weighted by molar-refractivity contribution is -0.385. The average molecular weight is 1610 g/mol. The van der Waals surface area contributed by atoms with Crippen LogP contribution in [0.2, 0.25) is 0 Å². The maximum Gasteiger partial charge on any atom is 0.271 e. The Labute approximate surface area is 664 Å². The maximum absolute atomic E-state index is 11.6. The van der Waals surface area contributed by atoms with Gasteiger partial charge in [0.25, 0.3) is 28.4 Å². The van der Waals surface area contributed by atoms with E-state index in [0.29, 0.717) is 87.5 Å². The van der Waals surface area contributed by atoms with E-state index in [0.717, 1.165) is 54.3 Å². The van der Waals surface area contributed by atoms with Gasteiger partial charge < -0.3 is 64.0 Å². The van der Waals surface area contributed by atoms with Crippen molar-refractivity contribution in [2.75, 3.05) is 109 Å². The van der Waals surface area contributed by atoms with Gasteiger partial charge in [-0.3, -0.25) is 79.4 Å². The summed E-state index contributed by atoms with van der Waals surface area (Å²) in [6.07, 6.45) is 3.63. The van der Waals surface area contributed by atoms with Gasteiger partial charge in [0.1, 0.15) is 51.8 Å². The molecule has 2 amide bonds. The van der Waals surface area contributed by atoms with E-state index in [-0.39, 0.29) is 80.8 Å². The lowest BCUT2D eigenvalue weighted by Gasteiger charge is -2.22. The molecule has 8 aromatic rings. The first kappa shape index (κ1) is 96.3. The molecule has 1 aromatic heterocycles. The van der Waals surface area contributed by atoms with E-state index in [1.807, 2.05) is 51.0 Å². The largest absolute Gasteiger partial charge is 0.508 e. The molecule has 0 aliphatic heterocycles. The highest BCUT2D eigenvalue weighted by Gasteiger charge is 2.24. The molecule has 7 aromatic carbocycles. The van der Waals surface area contributed by atoms with E-state index in [1.165, 1.54) is 129 Å². The molecular formula is C76H98ClN13O22S. The minimum Gasteiger partial charge on any atom is -0.508 e. The first-order chi connectivity index (χ1) is 53.4. The van der Waals surface area contributed by atoms with Crippen molar-refractivity contribution in [3.8, 4) is 63.1 Å². The molecule has 0 radical (unpaired) electrons. The van der Waals surface area contributed by atoms with Crippen LogP contribution >= 0.6 is 23.8 Å². The number of anilines is 5. The number of nitro groups is 5. The molecule has 0 spiro atoms. The van der Waals surface area contributed by atoms with E-state index >= 15 is 0 Å². The standard InChI is InChI=1S/C22H28N4O3S.2C11H14N2O4.C11H16N2O3.C11H13NO4.C7H8N2O3.C3H5ClO/c1-6-9-25(4)17-10-14(7-8-20(17)29-5)26-21(23-24-22(26)30)16-11-15(13(2)3)18(27)12-19(16)28;2*1-4-11(14)12(2)9-7-8(13(15)16)5-6-10(9)17-3;1-4-7-12(2)10-8-9(13(14)15)5-6-11(10)16-3;1-3-10(13)7-8-6-9(12(14)15)4-5-11(8)16-2;1-12-7-3-2-5(9(10)11)4-6(7)8;1-2-3(4)5/h7-8,10-13,27-28H,6,9H2,1-5H3,(H,24,30);2*5-7H,4H2,1-3H3;5-6,8H,4,7H2,1-3H3;4-6H,3,7H2,1-2H3;2-4H,8H2,1H3;2H2,1H3. The number of Topliss-reactive ketones (excluding diaryl/α,β-unsaturated/α-hetero) is 1. The number of methoxy groups -OCH3 is 6. The van der Waals surface area contributed by atoms with Crippen LogP contribution in [0.3, 0.4) is 0 Å². The van der Waals surface area contributed by atoms with Crippen LogP contribution in [0.5, 0.6) is 46.0 Å². The van der Waals surface area contributed by atoms with Crippen molar-refractivity contribution >= 4 is 104 Å². The number of nitrogen functional groups attached to an aromatic ring is 1. The van der Waals surface area contributed by atoms with Crippen LogP contribution in [0.1, 0.15) is 111 Å². The maximum atomic E-state index is 11.6. The van der Waals surface area contributed by atoms with Crippen LogP contribution in [0.4, 0.5) is 56.9 Å². The highest BCUT2D eigenvalue weighted by molar-refractivity contribution is 7.71. The minimum atomic E-state index is -0.507. The number of aromatic nitrogens is 3. The second-order valence-corrected chi connectivity index (χ2v) is 24.9. The number of ether oxygens (including phenoxy) is 6. The molecule has 1 heterocycles. The van der Waals surface area contributed by atoms with Gasteiger partial charge in [0.15, 0.2) is 10.6 Å². The number of hydrogen-bond acceptors (Lipinski definition) is 27. The Morgan fingerprint density at radius 3 is 1.21 bits per heavy atom. The van der Waals surface area contributed by atoms with Crippen molar-refractivity contribution in [3.63, 3.8) is 0 Å². The molecule has 0 unspecified atom stereocenters. The zero-order valence-corrected chi connectivity index (χ0v) is 67.9. The molecule has 35 nitrogen and oxygen atoms in total. The third-order valence-electron chi connectivity index (χ3n) is 16.2. The van der Waals surface area contributed by atoms with E-state index < -0.39 is 24.6 Å². The van der Waals surface area contributed by atoms with Gasteiger partial charge in [-0.2, -0.15) is 5.10 Å². The second-order valence-electron chi connectivity index (χ2n) is 24.1. The number of aromatic amines is 1. The molecule has 0 fully saturated rings. The highest BCUT2D eigenvalue weighted by atomic mass is 35.5. The number of ketones is 1. The van der Waals surface area contributed by atoms with Crippen LogP contribution < -0.4 is 53.8 Å². The third-order valence-corrected chi connectivity index (χ3v) is 16.7. The summed E-state index contributed by atoms with van der Waals surface area (Å²) < 4.78 is 32.9. The number of nitrogens with two attached hydrogens (primary N) is 1. The summed E-state index contributed by atoms with van der Waals surface area (Å²) in [4.78, 5) is 101. The van der Waals surface area contributed by atoms with Crippen molar-refractivity contribution in [1.29, 1.82) is 0 Å². The fourth-order valence-electron chi connectivity index (χ4n) is 10.1. The highest BCUT2D eigenvalue weighted by Crippen LogP contribution is 2.40. The van der Waals surface area contributed by atoms with Crippen LogP contribution in [-0.2, 0) is 25.6 Å². The predicted octanol–water partition coefficient (Wildman–Crippen LogP) is 15.9. The zero-order valence-electron chi connectivity index (χ0n) is 66.3. The number of non-ortho nitro benzene ring substituents is 5. The molecule has 0 bridgehead atoms. The molecule has 0 saturated heterocycles. The summed E-state index contributed by atoms with van der Waals surface area (Å²) in [6.45, 7) is 16.8. The third kappa shape index (κ3) is 28.9. The van der Waals surface area contributed by atoms with Gasteiger partial charge in [-0.25, -0.2) is 0 Å². The Morgan fingerprint density at radius 1 is 0.504 bits per heavy atom. The number of nitrogens with one attached hydrogen (secondary N) is 1. The number of phenolic OH excluding ortho intramolecular Hbond substituents is 2. The zero-order chi connectivity index (χ0) is 85.7. The molecule has 612 valence electrons. The van der Waals surface area contributed by atoms with Crippen LogP contribution in [-0.4, -0.2) is 156 Å². The number of hydrogen-bond donors (Lipinski definition) is 4. The average Bonchev–Trinajstić information content (AvgIpc) is 1.67. The summed E-state index contributed by atoms with van der Waals surface area (Å²) in [5, 5.41) is 80.5. The minimum absolute atomic E-state index is 0.0267. The molecule has 113 heavy (non-hydrogen) atoms. The number of H-pyrrole nitrogens is 1. The molecular weight excluding hydrogens is 1510 g/mol. The Morgan fingerprint density at radius 2 is 0.858 bits per heavy atom. The van der Waals surface area contributed by atoms with Crippen molar-refractivity contribution in [1.82, 2.24) is 14.8 Å². The number of halogens is 1. The van der Waals surface area contributed by atoms with Gasteiger partial charge in [-0.05, 0) is 103 Å². The summed E-state index contributed by atoms with van der Waals surface area (Å²) in [7, 11) is 16.1. The van der Waals surface area contributed by atoms with Crippen LogP contribution in [0.15, 0.2) is 121 Å². The van der Waals surface area contributed by atoms with Gasteiger partial charge >= 0.3 is 0 Å². The summed E-state index contributed by atoms with van der Waals surface area (Å²) in [6, 6.07) is 30.1. The molecule has 0 atom stereocenters. The summed E-state index contributed by atoms with van der Waals surface area (Å²) in [5.41, 5.74) is 10.6. The number of benzene rings is 7. The fraction of sp³-hybridized carbons (Fsp3) is 0.368. The number of nitro benzene ring substituents is 5. The molecule has 0 saturated carbocycles. The predicted molar refractivity (Wildman–Crippen MR) is 435 cm³/mol. The van der Waals surface area contributed by atoms with Crippen LogP contribution in [0, 0.1) is 55.3 Å². The number of carbonyl (C=O) groups is 4. The van der Waals surface area contributed by atoms with Gasteiger partial charge in [0, 0.05) is 146 Å². The van der Waals surface area contributed by atoms with Gasteiger partial charge in [-0.15, -0.1) is 0 Å². The van der Waals surface area contributed by atoms with Gasteiger partial charge in [-0.1, -0.05) is 55.4 Å². The number of phenols is 2. The molecule has 5 N–H and O–H groups in total. The summed E-state index contributed by atoms with van der Waals surface area (Å²) in [5.74, 6) is 3.52. The monoisotopic (exact) mass is 1610 g/mol. The van der Waals surface area contributed by atoms with E-state index in [2.05, 4.69) is 28.9 Å². The Kier molecular flexibility index (Phi) is 41.0. The molecule has 0 aliphatic carbocycles. The SMILES string of the molecule is CCC(=O)Cc1cc([N+](=O)[O-])ccc1OC.CCC(=O)Cl.CCC(=O)N(C)c1cc([N+](=O)[O-])ccc1OC.CCC(=O)N(C)c1cc([N+](=O)[O-])ccc1OC.CCCN(C)c1cc(-n2c(-c3cc(C(C)C)c(O)cc3O)n[nH]c2=S)ccc1OC.CCCN(C)c1cc([N+](=O)[O-])ccc1OC.COc1ccc([N+](=O)[O-])cc1N. The van der Waals surface area contributed by atoms with Crippen molar-refractivity contribution < 1.29 is 82.4 Å². The van der Waals surface area contributed by atoms with Crippen molar-refractivity contribution in [3.05, 3.63) is 188 Å². The van der Waals surface area contributed by atoms with E-state index in [4.69, 9.17) is 58.0 Å². The van der Waals surface area contributed by atoms with Gasteiger partial charge in [0.05, 0.1) is 107 Å². The number of amides is 2. The van der Waals surface area contributed by atoms with E-state index in [9.17, 15) is 80.0 Å². The first-order valence-corrected chi connectivity index (χ1v) is 35.6. The topological polar surface area (TPSA) is 452 Å². The molecule has 37 heteroatoms. The summed E-state index contributed by atoms with van der Waals surface area (Å²) >= 11 is 10.3. The molecule has 0 aliphatic rings. The normalized spacial score (nSPS) is 10.1. The number of aromatic hydroxyl groups is 2. The number of carbonyl (C=O) groups excluding carboxylic acids is 4. The van der Waals surface area contributed by atoms with E-state index in [1.54, 1.807) is 72.7 Å². The Bertz CT molecular complexity index is 4550. The number of nitrogens with zero attached hydrogens (tertiary/aromatic N) is 11. The smallest absolute Gasteiger partial charge is 0.271 e. The second kappa shape index (κ2) is 48.0. The molecule has 8 rings (SSSR count). The Balaban J connectivity index is 0.000000466. The quantitative estimate of drug-likeness (QED) is 0.0116. The first-order valence-electron chi connectivity index (χ1n) is 34.8.